The zero-order chi connectivity index (χ0) is 22.5. The molecule has 0 aromatic heterocycles. The molecule has 28 heavy (non-hydrogen) atoms. The third-order valence-corrected chi connectivity index (χ3v) is 0. The van der Waals surface area contributed by atoms with Crippen molar-refractivity contribution in [3.8, 4) is 0 Å². The summed E-state index contributed by atoms with van der Waals surface area (Å²) >= 11 is 0. The van der Waals surface area contributed by atoms with Crippen molar-refractivity contribution in [1.82, 2.24) is 0 Å². The molecule has 0 aromatic carbocycles. The smallest absolute Gasteiger partial charge is 0.0311 e. The molecule has 0 saturated heterocycles. The zero-order valence-electron chi connectivity index (χ0n) is 11.6. The average molecular weight is 600 g/mol. The topological polar surface area (TPSA) is 433 Å². The summed E-state index contributed by atoms with van der Waals surface area (Å²) in [6.07, 6.45) is 0. The normalized spacial score (nSPS) is 10.4. The first-order chi connectivity index (χ1) is 10.0. The molecule has 0 atom stereocenters. The van der Waals surface area contributed by atoms with Crippen molar-refractivity contribution in [1.29, 1.82) is 0 Å². The van der Waals surface area contributed by atoms with Crippen molar-refractivity contribution in [2.75, 3.05) is 0 Å². The predicted molar refractivity (Wildman–Crippen MR) is 56.0 cm³/mol. The summed E-state index contributed by atoms with van der Waals surface area (Å²) < 4.78 is 170. The van der Waals surface area contributed by atoms with E-state index in [4.69, 9.17) is 87.6 Å². The van der Waals surface area contributed by atoms with E-state index in [9.17, 15) is 0 Å². The summed E-state index contributed by atoms with van der Waals surface area (Å²) in [4.78, 5) is 0. The van der Waals surface area contributed by atoms with Crippen LogP contribution in [0.2, 0.25) is 0 Å². The Kier molecular flexibility index (Phi) is 38.0. The van der Waals surface area contributed by atoms with Crippen LogP contribution in [0.3, 0.4) is 0 Å². The molecule has 0 fully saturated rings. The molecule has 0 aromatic rings. The maximum absolute atomic E-state index is 8.52. The Bertz CT molecular complexity index is 619. The van der Waals surface area contributed by atoms with Gasteiger partial charge in [-0.05, 0) is 0 Å². The van der Waals surface area contributed by atoms with Crippen molar-refractivity contribution in [2.45, 2.75) is 0 Å². The van der Waals surface area contributed by atoms with Crippen molar-refractivity contribution in [3.05, 3.63) is 0 Å². The Balaban J connectivity index is -0.0000000290. The molecule has 0 rings (SSSR count). The average Bonchev–Trinajstić information content (AvgIpc) is 1.79. The summed E-state index contributed by atoms with van der Waals surface area (Å²) in [5, 5.41) is 0. The quantitative estimate of drug-likeness (QED) is 0.184. The van der Waals surface area contributed by atoms with Crippen LogP contribution in [0.5, 0.6) is 0 Å². The van der Waals surface area contributed by atoms with Gasteiger partial charge in [-0.3, -0.25) is 42.1 Å². The first-order valence-electron chi connectivity index (χ1n) is 3.33. The Morgan fingerprint density at radius 1 is 0.286 bits per heavy atom. The minimum Gasteiger partial charge on any atom is -0.759 e. The van der Waals surface area contributed by atoms with Crippen LogP contribution in [-0.4, -0.2) is 93.1 Å². The van der Waals surface area contributed by atoms with Crippen LogP contribution in [-0.2, 0) is 89.1 Å². The van der Waals surface area contributed by atoms with Crippen LogP contribution < -0.4 is 0 Å². The van der Waals surface area contributed by atoms with E-state index in [1.165, 1.54) is 0 Å². The van der Waals surface area contributed by atoms with E-state index < -0.39 is 52.0 Å². The first-order valence-corrected chi connectivity index (χ1v) is 10.0. The molecular weight excluding hydrogens is 598 g/mol. The predicted octanol–water partition coefficient (Wildman–Crippen LogP) is -7.52. The Labute approximate surface area is 181 Å². The maximum atomic E-state index is 8.52. The van der Waals surface area contributed by atoms with E-state index >= 15 is 0 Å². The van der Waals surface area contributed by atoms with Crippen LogP contribution in [0, 0.1) is 0 Å². The van der Waals surface area contributed by atoms with Crippen LogP contribution in [0.1, 0.15) is 0 Å². The van der Waals surface area contributed by atoms with E-state index in [1.807, 2.05) is 0 Å². The fourth-order valence-corrected chi connectivity index (χ4v) is 0. The number of rotatable bonds is 0. The van der Waals surface area contributed by atoms with Crippen molar-refractivity contribution in [3.63, 3.8) is 0 Å². The van der Waals surface area contributed by atoms with Crippen molar-refractivity contribution in [2.24, 2.45) is 0 Å². The number of hydrogen-bond donors (Lipinski definition) is 0. The van der Waals surface area contributed by atoms with E-state index in [2.05, 4.69) is 0 Å². The summed E-state index contributed by atoms with van der Waals surface area (Å²) in [6, 6.07) is 0. The molecule has 178 valence electrons. The van der Waals surface area contributed by atoms with Gasteiger partial charge in [-0.25, -0.2) is 0 Å². The van der Waals surface area contributed by atoms with E-state index in [-0.39, 0.29) is 42.6 Å². The van der Waals surface area contributed by atoms with Crippen molar-refractivity contribution >= 4 is 52.0 Å². The molecule has 0 heterocycles. The largest absolute Gasteiger partial charge is 0.759 e. The molecule has 21 nitrogen and oxygen atoms in total. The van der Waals surface area contributed by atoms with Gasteiger partial charge in [0.25, 0.3) is 0 Å². The third kappa shape index (κ3) is 75000. The molecule has 2 N–H and O–H groups in total. The van der Waals surface area contributed by atoms with Gasteiger partial charge in [-0.1, -0.05) is 0 Å². The molecule has 0 aliphatic rings. The van der Waals surface area contributed by atoms with Crippen LogP contribution in [0.4, 0.5) is 0 Å². The van der Waals surface area contributed by atoms with Gasteiger partial charge in [0.15, 0.2) is 0 Å². The van der Waals surface area contributed by atoms with Gasteiger partial charge in [0.05, 0.1) is 0 Å². The van der Waals surface area contributed by atoms with Gasteiger partial charge in [-0.15, -0.1) is 0 Å². The minimum absolute atomic E-state index is 0. The summed E-state index contributed by atoms with van der Waals surface area (Å²) in [7, 11) is -25.8. The molecule has 28 heteroatoms. The zero-order valence-corrected chi connectivity index (χ0v) is 18.5. The van der Waals surface area contributed by atoms with Crippen LogP contribution in [0.25, 0.3) is 0 Å². The van der Waals surface area contributed by atoms with Gasteiger partial charge >= 0.3 is 0 Å². The molecule has 0 aliphatic carbocycles. The van der Waals surface area contributed by atoms with Gasteiger partial charge in [0.1, 0.15) is 0 Å². The standard InChI is InChI=1S/5H2O4S.H2O.2V/c5*1-5(2,3)4;;;/h5*(H2,1,2,3,4);1H2;;/p-10. The van der Waals surface area contributed by atoms with Crippen molar-refractivity contribution < 1.29 is 130 Å². The molecule has 0 aliphatic heterocycles. The Morgan fingerprint density at radius 2 is 0.286 bits per heavy atom. The molecular formula is H2O21S5V2-10. The van der Waals surface area contributed by atoms with Gasteiger partial charge in [0.2, 0.25) is 0 Å². The molecule has 0 bridgehead atoms. The number of hydrogen-bond acceptors (Lipinski definition) is 20. The molecule has 0 saturated carbocycles. The fraction of sp³-hybridized carbons (Fsp3) is 0. The summed E-state index contributed by atoms with van der Waals surface area (Å²) in [5.41, 5.74) is 0. The summed E-state index contributed by atoms with van der Waals surface area (Å²) in [5.74, 6) is 0. The van der Waals surface area contributed by atoms with E-state index in [0.29, 0.717) is 0 Å². The second kappa shape index (κ2) is 20.7. The van der Waals surface area contributed by atoms with Gasteiger partial charge in [-0.2, -0.15) is 0 Å². The Morgan fingerprint density at radius 3 is 0.286 bits per heavy atom. The van der Waals surface area contributed by atoms with Gasteiger partial charge in [0, 0.05) is 89.1 Å². The first kappa shape index (κ1) is 51.3. The molecule has 0 amide bonds. The van der Waals surface area contributed by atoms with E-state index in [1.54, 1.807) is 0 Å². The SMILES string of the molecule is O.O=S(=O)([O-])[O-].O=S(=O)([O-])[O-].O=S(=O)([O-])[O-].O=S(=O)([O-])[O-].O=S(=O)([O-])[O-].[V].[V]. The van der Waals surface area contributed by atoms with E-state index in [0.717, 1.165) is 0 Å². The molecule has 2 radical (unpaired) electrons. The maximum Gasteiger partial charge on any atom is 0.0311 e. The van der Waals surface area contributed by atoms with Gasteiger partial charge < -0.3 is 51.0 Å². The second-order valence-corrected chi connectivity index (χ2v) is 6.12. The molecule has 0 unspecified atom stereocenters. The fourth-order valence-electron chi connectivity index (χ4n) is 0. The van der Waals surface area contributed by atoms with Crippen LogP contribution in [0.15, 0.2) is 0 Å². The molecule has 0 spiro atoms. The second-order valence-electron chi connectivity index (χ2n) is 2.04. The monoisotopic (exact) mass is 600 g/mol. The van der Waals surface area contributed by atoms with Crippen LogP contribution >= 0.6 is 0 Å². The Hall–Kier alpha value is 0.479. The minimum atomic E-state index is -5.17. The third-order valence-electron chi connectivity index (χ3n) is 0. The summed E-state index contributed by atoms with van der Waals surface area (Å²) in [6.45, 7) is 0.